The molecule has 0 atom stereocenters. The minimum atomic E-state index is 0.670. The maximum absolute atomic E-state index is 5.25. The normalized spacial score (nSPS) is 14.7. The van der Waals surface area contributed by atoms with Crippen LogP contribution in [0, 0.1) is 0 Å². The number of rotatable bonds is 5. The number of aromatic amines is 2. The molecule has 0 aromatic carbocycles. The van der Waals surface area contributed by atoms with E-state index in [0.717, 1.165) is 69.8 Å². The average Bonchev–Trinajstić information content (AvgIpc) is 3.68. The van der Waals surface area contributed by atoms with E-state index in [9.17, 15) is 0 Å². The first-order valence-electron chi connectivity index (χ1n) is 12.2. The second-order valence-electron chi connectivity index (χ2n) is 9.26. The van der Waals surface area contributed by atoms with Crippen LogP contribution in [0.25, 0.3) is 56.0 Å². The number of nitrogens with one attached hydrogen (secondary N) is 2. The molecule has 9 heteroatoms. The number of nitrogens with zero attached hydrogens (tertiary/aromatic N) is 6. The van der Waals surface area contributed by atoms with E-state index in [1.807, 2.05) is 30.7 Å². The Bertz CT molecular complexity index is 1660. The number of imidazole rings is 1. The molecule has 1 aliphatic heterocycles. The Hall–Kier alpha value is -4.37. The van der Waals surface area contributed by atoms with Crippen LogP contribution in [0.3, 0.4) is 0 Å². The maximum Gasteiger partial charge on any atom is 0.159 e. The van der Waals surface area contributed by atoms with Gasteiger partial charge in [0.15, 0.2) is 5.82 Å². The van der Waals surface area contributed by atoms with Crippen molar-refractivity contribution < 1.29 is 4.42 Å². The van der Waals surface area contributed by atoms with E-state index >= 15 is 0 Å². The summed E-state index contributed by atoms with van der Waals surface area (Å²) < 4.78 is 5.25. The summed E-state index contributed by atoms with van der Waals surface area (Å²) in [4.78, 5) is 24.5. The van der Waals surface area contributed by atoms with Crippen molar-refractivity contribution in [2.75, 3.05) is 13.1 Å². The van der Waals surface area contributed by atoms with Gasteiger partial charge in [-0.15, -0.1) is 0 Å². The van der Waals surface area contributed by atoms with Crippen LogP contribution in [-0.4, -0.2) is 53.1 Å². The Balaban J connectivity index is 1.26. The molecule has 7 rings (SSSR count). The fraction of sp³-hybridized carbons (Fsp3) is 0.222. The van der Waals surface area contributed by atoms with E-state index in [1.165, 1.54) is 24.8 Å². The van der Waals surface area contributed by atoms with Gasteiger partial charge < -0.3 is 9.40 Å². The van der Waals surface area contributed by atoms with Crippen LogP contribution in [-0.2, 0) is 6.54 Å². The largest absolute Gasteiger partial charge is 0.472 e. The molecule has 6 aromatic heterocycles. The molecule has 7 heterocycles. The van der Waals surface area contributed by atoms with Gasteiger partial charge in [0, 0.05) is 41.6 Å². The number of fused-ring (bicyclic) bond motifs is 2. The molecule has 0 radical (unpaired) electrons. The molecule has 2 N–H and O–H groups in total. The molecule has 0 unspecified atom stereocenters. The van der Waals surface area contributed by atoms with Gasteiger partial charge >= 0.3 is 0 Å². The van der Waals surface area contributed by atoms with Crippen LogP contribution < -0.4 is 0 Å². The number of likely N-dealkylation sites (tertiary alicyclic amines) is 1. The van der Waals surface area contributed by atoms with E-state index in [-0.39, 0.29) is 0 Å². The molecular formula is C27H24N8O. The molecule has 36 heavy (non-hydrogen) atoms. The van der Waals surface area contributed by atoms with Crippen molar-refractivity contribution in [1.29, 1.82) is 0 Å². The fourth-order valence-corrected chi connectivity index (χ4v) is 5.00. The highest BCUT2D eigenvalue weighted by atomic mass is 16.3. The molecule has 0 bridgehead atoms. The molecule has 178 valence electrons. The van der Waals surface area contributed by atoms with Crippen molar-refractivity contribution in [2.24, 2.45) is 0 Å². The van der Waals surface area contributed by atoms with Gasteiger partial charge in [-0.2, -0.15) is 5.10 Å². The highest BCUT2D eigenvalue weighted by molar-refractivity contribution is 5.96. The Morgan fingerprint density at radius 2 is 1.86 bits per heavy atom. The third-order valence-corrected chi connectivity index (χ3v) is 6.81. The summed E-state index contributed by atoms with van der Waals surface area (Å²) in [5.74, 6) is 0.670. The summed E-state index contributed by atoms with van der Waals surface area (Å²) in [5, 5.41) is 8.60. The Morgan fingerprint density at radius 3 is 2.75 bits per heavy atom. The monoisotopic (exact) mass is 476 g/mol. The summed E-state index contributed by atoms with van der Waals surface area (Å²) in [7, 11) is 0. The maximum atomic E-state index is 5.25. The lowest BCUT2D eigenvalue weighted by Crippen LogP contribution is -2.29. The van der Waals surface area contributed by atoms with Crippen LogP contribution in [0.15, 0.2) is 66.0 Å². The first-order chi connectivity index (χ1) is 17.8. The van der Waals surface area contributed by atoms with Crippen LogP contribution in [0.4, 0.5) is 0 Å². The Morgan fingerprint density at radius 1 is 0.917 bits per heavy atom. The van der Waals surface area contributed by atoms with Crippen molar-refractivity contribution in [1.82, 2.24) is 40.0 Å². The second kappa shape index (κ2) is 8.69. The first-order valence-corrected chi connectivity index (χ1v) is 12.2. The highest BCUT2D eigenvalue weighted by Gasteiger charge is 2.17. The van der Waals surface area contributed by atoms with E-state index in [4.69, 9.17) is 9.40 Å². The van der Waals surface area contributed by atoms with Crippen molar-refractivity contribution >= 4 is 21.9 Å². The number of furan rings is 1. The molecule has 1 aliphatic rings. The highest BCUT2D eigenvalue weighted by Crippen LogP contribution is 2.31. The zero-order valence-corrected chi connectivity index (χ0v) is 19.6. The molecule has 6 aromatic rings. The molecule has 1 fully saturated rings. The Kier molecular flexibility index (Phi) is 5.06. The predicted octanol–water partition coefficient (Wildman–Crippen LogP) is 5.20. The standard InChI is InChI=1S/C27H24N8O/c1-2-7-35(8-3-1)15-17-10-19(13-28-12-17)22-11-20-23(14-30-22)33-34-25(20)27-31-21-4-6-29-24(26(21)32-27)18-5-9-36-16-18/h4-6,9-14,16H,1-3,7-8,15H2,(H,31,32)(H,33,34). The van der Waals surface area contributed by atoms with E-state index in [0.29, 0.717) is 5.82 Å². The third kappa shape index (κ3) is 3.74. The second-order valence-corrected chi connectivity index (χ2v) is 9.26. The SMILES string of the molecule is c1cc2[nH]c(-c3n[nH]c4cnc(-c5cncc(CN6CCCCC6)c5)cc34)nc2c(-c2ccoc2)n1. The van der Waals surface area contributed by atoms with Gasteiger partial charge in [-0.25, -0.2) is 4.98 Å². The fourth-order valence-electron chi connectivity index (χ4n) is 5.00. The third-order valence-electron chi connectivity index (χ3n) is 6.81. The summed E-state index contributed by atoms with van der Waals surface area (Å²) >= 11 is 0. The molecule has 9 nitrogen and oxygen atoms in total. The van der Waals surface area contributed by atoms with Crippen LogP contribution in [0.5, 0.6) is 0 Å². The zero-order valence-electron chi connectivity index (χ0n) is 19.6. The van der Waals surface area contributed by atoms with Crippen LogP contribution in [0.2, 0.25) is 0 Å². The van der Waals surface area contributed by atoms with Gasteiger partial charge in [0.25, 0.3) is 0 Å². The summed E-state index contributed by atoms with van der Waals surface area (Å²) in [6.45, 7) is 3.23. The summed E-state index contributed by atoms with van der Waals surface area (Å²) in [6, 6.07) is 8.04. The van der Waals surface area contributed by atoms with Crippen molar-refractivity contribution in [3.8, 4) is 34.0 Å². The van der Waals surface area contributed by atoms with E-state index in [1.54, 1.807) is 18.7 Å². The van der Waals surface area contributed by atoms with Crippen molar-refractivity contribution in [3.63, 3.8) is 0 Å². The van der Waals surface area contributed by atoms with Gasteiger partial charge in [-0.05, 0) is 55.8 Å². The van der Waals surface area contributed by atoms with Gasteiger partial charge in [0.2, 0.25) is 0 Å². The number of hydrogen-bond donors (Lipinski definition) is 2. The van der Waals surface area contributed by atoms with Crippen LogP contribution in [0.1, 0.15) is 24.8 Å². The van der Waals surface area contributed by atoms with Gasteiger partial charge in [-0.1, -0.05) is 6.42 Å². The quantitative estimate of drug-likeness (QED) is 0.351. The lowest BCUT2D eigenvalue weighted by atomic mass is 10.1. The first kappa shape index (κ1) is 21.0. The average molecular weight is 477 g/mol. The van der Waals surface area contributed by atoms with Crippen molar-refractivity contribution in [2.45, 2.75) is 25.8 Å². The predicted molar refractivity (Wildman–Crippen MR) is 137 cm³/mol. The Labute approximate surface area is 206 Å². The van der Waals surface area contributed by atoms with E-state index in [2.05, 4.69) is 47.2 Å². The van der Waals surface area contributed by atoms with Gasteiger partial charge in [0.1, 0.15) is 16.9 Å². The number of aromatic nitrogens is 7. The molecule has 0 saturated carbocycles. The van der Waals surface area contributed by atoms with E-state index < -0.39 is 0 Å². The molecule has 0 spiro atoms. The summed E-state index contributed by atoms with van der Waals surface area (Å²) in [5.41, 5.74) is 7.95. The smallest absolute Gasteiger partial charge is 0.159 e. The summed E-state index contributed by atoms with van der Waals surface area (Å²) in [6.07, 6.45) is 14.6. The van der Waals surface area contributed by atoms with Crippen LogP contribution >= 0.6 is 0 Å². The molecular weight excluding hydrogens is 452 g/mol. The topological polar surface area (TPSA) is 112 Å². The van der Waals surface area contributed by atoms with Gasteiger partial charge in [-0.3, -0.25) is 25.0 Å². The van der Waals surface area contributed by atoms with Gasteiger partial charge in [0.05, 0.1) is 35.5 Å². The molecule has 0 amide bonds. The van der Waals surface area contributed by atoms with Crippen molar-refractivity contribution in [3.05, 3.63) is 67.1 Å². The number of piperidine rings is 1. The number of pyridine rings is 3. The molecule has 1 saturated heterocycles. The number of hydrogen-bond acceptors (Lipinski definition) is 7. The minimum Gasteiger partial charge on any atom is -0.472 e. The number of H-pyrrole nitrogens is 2. The lowest BCUT2D eigenvalue weighted by molar-refractivity contribution is 0.220. The zero-order chi connectivity index (χ0) is 23.9. The lowest BCUT2D eigenvalue weighted by Gasteiger charge is -2.26. The molecule has 0 aliphatic carbocycles. The minimum absolute atomic E-state index is 0.670.